The molecule has 0 aliphatic rings. The Morgan fingerprint density at radius 1 is 1.41 bits per heavy atom. The van der Waals surface area contributed by atoms with E-state index >= 15 is 0 Å². The lowest BCUT2D eigenvalue weighted by atomic mass is 10.1. The fraction of sp³-hybridized carbons (Fsp3) is 0.500. The van der Waals surface area contributed by atoms with Crippen LogP contribution >= 0.6 is 0 Å². The summed E-state index contributed by atoms with van der Waals surface area (Å²) in [6.45, 7) is 1.92. The van der Waals surface area contributed by atoms with E-state index in [0.717, 1.165) is 6.92 Å². The van der Waals surface area contributed by atoms with Crippen LogP contribution in [0.1, 0.15) is 20.3 Å². The van der Waals surface area contributed by atoms with Crippen molar-refractivity contribution in [2.45, 2.75) is 32.5 Å². The highest BCUT2D eigenvalue weighted by Gasteiger charge is 2.30. The first-order valence-corrected chi connectivity index (χ1v) is 4.64. The quantitative estimate of drug-likeness (QED) is 0.599. The van der Waals surface area contributed by atoms with Crippen molar-refractivity contribution in [1.29, 1.82) is 0 Å². The number of nitrogens with two attached hydrogens (primary N) is 1. The van der Waals surface area contributed by atoms with Crippen molar-refractivity contribution in [3.63, 3.8) is 0 Å². The number of aliphatic carboxylic acids is 1. The SMILES string of the molecule is C/C(CC(N)C(=O)O)=C(F)\C=C(/C)C(F)(F)F. The molecule has 3 N–H and O–H groups in total. The van der Waals surface area contributed by atoms with Gasteiger partial charge >= 0.3 is 12.1 Å². The van der Waals surface area contributed by atoms with E-state index < -0.39 is 29.6 Å². The zero-order valence-corrected chi connectivity index (χ0v) is 9.31. The molecule has 17 heavy (non-hydrogen) atoms. The van der Waals surface area contributed by atoms with Crippen LogP contribution in [0.2, 0.25) is 0 Å². The molecule has 0 amide bonds. The minimum Gasteiger partial charge on any atom is -0.480 e. The lowest BCUT2D eigenvalue weighted by Gasteiger charge is -2.08. The minimum atomic E-state index is -4.60. The fourth-order valence-corrected chi connectivity index (χ4v) is 0.910. The van der Waals surface area contributed by atoms with Crippen LogP contribution in [0.5, 0.6) is 0 Å². The lowest BCUT2D eigenvalue weighted by molar-refractivity contribution is -0.138. The Labute approximate surface area is 95.6 Å². The first-order valence-electron chi connectivity index (χ1n) is 4.64. The maximum Gasteiger partial charge on any atom is 0.412 e. The number of hydrogen-bond donors (Lipinski definition) is 2. The smallest absolute Gasteiger partial charge is 0.412 e. The first-order chi connectivity index (χ1) is 7.55. The number of rotatable bonds is 4. The highest BCUT2D eigenvalue weighted by atomic mass is 19.4. The second-order valence-corrected chi connectivity index (χ2v) is 3.60. The number of allylic oxidation sites excluding steroid dienone is 3. The molecule has 0 spiro atoms. The van der Waals surface area contributed by atoms with Gasteiger partial charge in [0.05, 0.1) is 0 Å². The molecule has 0 radical (unpaired) electrons. The molecule has 7 heteroatoms. The van der Waals surface area contributed by atoms with Crippen molar-refractivity contribution in [2.75, 3.05) is 0 Å². The van der Waals surface area contributed by atoms with Crippen molar-refractivity contribution in [2.24, 2.45) is 5.73 Å². The largest absolute Gasteiger partial charge is 0.480 e. The number of carbonyl (C=O) groups is 1. The maximum atomic E-state index is 13.3. The van der Waals surface area contributed by atoms with E-state index in [1.807, 2.05) is 0 Å². The molecular formula is C10H13F4NO2. The molecule has 0 aliphatic carbocycles. The highest BCUT2D eigenvalue weighted by Crippen LogP contribution is 2.27. The summed E-state index contributed by atoms with van der Waals surface area (Å²) in [5, 5.41) is 8.46. The molecule has 0 heterocycles. The van der Waals surface area contributed by atoms with Crippen molar-refractivity contribution < 1.29 is 27.5 Å². The van der Waals surface area contributed by atoms with Gasteiger partial charge in [0.1, 0.15) is 11.9 Å². The van der Waals surface area contributed by atoms with E-state index in [9.17, 15) is 22.4 Å². The zero-order valence-electron chi connectivity index (χ0n) is 9.31. The Morgan fingerprint density at radius 3 is 2.24 bits per heavy atom. The molecule has 0 saturated heterocycles. The van der Waals surface area contributed by atoms with Gasteiger partial charge in [-0.25, -0.2) is 4.39 Å². The average Bonchev–Trinajstić information content (AvgIpc) is 2.15. The summed E-state index contributed by atoms with van der Waals surface area (Å²) < 4.78 is 49.5. The van der Waals surface area contributed by atoms with Crippen LogP contribution in [-0.4, -0.2) is 23.3 Å². The minimum absolute atomic E-state index is 0.136. The second-order valence-electron chi connectivity index (χ2n) is 3.60. The summed E-state index contributed by atoms with van der Waals surface area (Å²) in [6.07, 6.45) is -4.63. The van der Waals surface area contributed by atoms with Crippen LogP contribution in [0.4, 0.5) is 17.6 Å². The van der Waals surface area contributed by atoms with Crippen LogP contribution in [0, 0.1) is 0 Å². The van der Waals surface area contributed by atoms with Crippen molar-refractivity contribution in [1.82, 2.24) is 0 Å². The molecule has 0 saturated carbocycles. The van der Waals surface area contributed by atoms with Gasteiger partial charge in [-0.2, -0.15) is 13.2 Å². The summed E-state index contributed by atoms with van der Waals surface area (Å²) in [5.41, 5.74) is 3.89. The van der Waals surface area contributed by atoms with Crippen LogP contribution < -0.4 is 5.73 Å². The molecule has 0 aromatic carbocycles. The van der Waals surface area contributed by atoms with Crippen LogP contribution in [0.15, 0.2) is 23.0 Å². The second kappa shape index (κ2) is 5.81. The van der Waals surface area contributed by atoms with Gasteiger partial charge in [-0.15, -0.1) is 0 Å². The predicted molar refractivity (Wildman–Crippen MR) is 53.8 cm³/mol. The normalized spacial score (nSPS) is 16.5. The van der Waals surface area contributed by atoms with Gasteiger partial charge in [0, 0.05) is 5.57 Å². The Morgan fingerprint density at radius 2 is 1.88 bits per heavy atom. The van der Waals surface area contributed by atoms with Gasteiger partial charge in [-0.1, -0.05) is 0 Å². The van der Waals surface area contributed by atoms with E-state index in [2.05, 4.69) is 0 Å². The summed E-state index contributed by atoms with van der Waals surface area (Å²) >= 11 is 0. The maximum absolute atomic E-state index is 13.3. The number of carboxylic acids is 1. The van der Waals surface area contributed by atoms with Gasteiger partial charge in [0.15, 0.2) is 0 Å². The number of hydrogen-bond acceptors (Lipinski definition) is 2. The zero-order chi connectivity index (χ0) is 13.8. The Bertz CT molecular complexity index is 358. The van der Waals surface area contributed by atoms with Crippen molar-refractivity contribution in [3.8, 4) is 0 Å². The monoisotopic (exact) mass is 255 g/mol. The highest BCUT2D eigenvalue weighted by molar-refractivity contribution is 5.73. The third-order valence-electron chi connectivity index (χ3n) is 2.04. The third kappa shape index (κ3) is 5.48. The number of alkyl halides is 3. The van der Waals surface area contributed by atoms with Gasteiger partial charge in [-0.05, 0) is 31.9 Å². The Kier molecular flexibility index (Phi) is 5.34. The summed E-state index contributed by atoms with van der Waals surface area (Å²) in [5.74, 6) is -2.45. The molecule has 0 aromatic rings. The summed E-state index contributed by atoms with van der Waals surface area (Å²) in [6, 6.07) is -1.33. The van der Waals surface area contributed by atoms with E-state index in [1.54, 1.807) is 0 Å². The Balaban J connectivity index is 4.89. The third-order valence-corrected chi connectivity index (χ3v) is 2.04. The van der Waals surface area contributed by atoms with Gasteiger partial charge in [-0.3, -0.25) is 4.79 Å². The molecular weight excluding hydrogens is 242 g/mol. The summed E-state index contributed by atoms with van der Waals surface area (Å²) in [7, 11) is 0. The van der Waals surface area contributed by atoms with Crippen LogP contribution in [-0.2, 0) is 4.79 Å². The van der Waals surface area contributed by atoms with E-state index in [1.165, 1.54) is 6.92 Å². The average molecular weight is 255 g/mol. The van der Waals surface area contributed by atoms with Crippen LogP contribution in [0.25, 0.3) is 0 Å². The van der Waals surface area contributed by atoms with Crippen LogP contribution in [0.3, 0.4) is 0 Å². The molecule has 0 rings (SSSR count). The van der Waals surface area contributed by atoms with Gasteiger partial charge < -0.3 is 10.8 Å². The van der Waals surface area contributed by atoms with Crippen molar-refractivity contribution in [3.05, 3.63) is 23.0 Å². The van der Waals surface area contributed by atoms with E-state index in [0.29, 0.717) is 6.08 Å². The fourth-order valence-electron chi connectivity index (χ4n) is 0.910. The lowest BCUT2D eigenvalue weighted by Crippen LogP contribution is -2.30. The molecule has 1 unspecified atom stereocenters. The van der Waals surface area contributed by atoms with Gasteiger partial charge in [0.2, 0.25) is 0 Å². The first kappa shape index (κ1) is 15.6. The molecule has 1 atom stereocenters. The molecule has 98 valence electrons. The predicted octanol–water partition coefficient (Wildman–Crippen LogP) is 2.54. The number of carboxylic acid groups (broad SMARTS) is 1. The molecule has 0 bridgehead atoms. The molecule has 3 nitrogen and oxygen atoms in total. The van der Waals surface area contributed by atoms with E-state index in [4.69, 9.17) is 10.8 Å². The number of halogens is 4. The van der Waals surface area contributed by atoms with E-state index in [-0.39, 0.29) is 12.0 Å². The summed E-state index contributed by atoms with van der Waals surface area (Å²) in [4.78, 5) is 10.4. The molecule has 0 aliphatic heterocycles. The molecule has 0 aromatic heterocycles. The standard InChI is InChI=1S/C10H13F4NO2/c1-5(3-8(15)9(16)17)7(11)4-6(2)10(12,13)14/h4,8H,3,15H2,1-2H3,(H,16,17)/b6-4+,7-5-. The topological polar surface area (TPSA) is 63.3 Å². The Hall–Kier alpha value is -1.37. The van der Waals surface area contributed by atoms with Gasteiger partial charge in [0.25, 0.3) is 0 Å². The van der Waals surface area contributed by atoms with Crippen molar-refractivity contribution >= 4 is 5.97 Å². The molecule has 0 fully saturated rings.